The lowest BCUT2D eigenvalue weighted by molar-refractivity contribution is 0.192. The molecule has 0 heterocycles. The lowest BCUT2D eigenvalue weighted by atomic mass is 10.1. The van der Waals surface area contributed by atoms with Gasteiger partial charge in [0, 0.05) is 13.7 Å². The Hall–Kier alpha value is -0.0400. The SMILES string of the molecule is [CH2]CCCCCCCOC. The number of unbranched alkanes of at least 4 members (excludes halogenated alkanes) is 5. The number of hydrogen-bond donors (Lipinski definition) is 0. The molecule has 0 aromatic carbocycles. The standard InChI is InChI=1S/C9H19O/c1-3-4-5-6-7-8-9-10-2/h1,3-9H2,2H3. The Kier molecular flexibility index (Phi) is 8.92. The summed E-state index contributed by atoms with van der Waals surface area (Å²) < 4.78 is 4.94. The van der Waals surface area contributed by atoms with Gasteiger partial charge in [0.15, 0.2) is 0 Å². The molecule has 0 atom stereocenters. The van der Waals surface area contributed by atoms with Gasteiger partial charge in [0.05, 0.1) is 0 Å². The molecule has 0 aromatic rings. The van der Waals surface area contributed by atoms with Gasteiger partial charge in [0.1, 0.15) is 0 Å². The number of ether oxygens (including phenoxy) is 1. The van der Waals surface area contributed by atoms with Crippen molar-refractivity contribution in [3.8, 4) is 0 Å². The maximum absolute atomic E-state index is 4.94. The average Bonchev–Trinajstić information content (AvgIpc) is 1.97. The van der Waals surface area contributed by atoms with Crippen LogP contribution in [0.1, 0.15) is 38.5 Å². The second-order valence-corrected chi connectivity index (χ2v) is 2.61. The van der Waals surface area contributed by atoms with E-state index in [2.05, 4.69) is 6.92 Å². The van der Waals surface area contributed by atoms with Gasteiger partial charge in [-0.05, 0) is 6.42 Å². The Morgan fingerprint density at radius 3 is 2.20 bits per heavy atom. The molecule has 0 aliphatic carbocycles. The van der Waals surface area contributed by atoms with Crippen LogP contribution in [0.3, 0.4) is 0 Å². The van der Waals surface area contributed by atoms with Crippen LogP contribution in [0.25, 0.3) is 0 Å². The van der Waals surface area contributed by atoms with Gasteiger partial charge in [-0.3, -0.25) is 0 Å². The van der Waals surface area contributed by atoms with Gasteiger partial charge in [-0.2, -0.15) is 0 Å². The molecule has 0 spiro atoms. The molecule has 0 unspecified atom stereocenters. The summed E-state index contributed by atoms with van der Waals surface area (Å²) in [5, 5.41) is 0. The van der Waals surface area contributed by atoms with Crippen LogP contribution in [0.4, 0.5) is 0 Å². The summed E-state index contributed by atoms with van der Waals surface area (Å²) in [7, 11) is 1.76. The van der Waals surface area contributed by atoms with Crippen LogP contribution >= 0.6 is 0 Å². The second kappa shape index (κ2) is 8.96. The molecule has 0 amide bonds. The normalized spacial score (nSPS) is 10.2. The minimum Gasteiger partial charge on any atom is -0.385 e. The molecule has 1 heteroatoms. The third-order valence-corrected chi connectivity index (χ3v) is 1.60. The van der Waals surface area contributed by atoms with Crippen LogP contribution in [0, 0.1) is 6.92 Å². The topological polar surface area (TPSA) is 9.23 Å². The molecule has 0 aliphatic rings. The van der Waals surface area contributed by atoms with Crippen LogP contribution in [-0.2, 0) is 4.74 Å². The molecule has 0 saturated carbocycles. The molecule has 0 N–H and O–H groups in total. The molecular weight excluding hydrogens is 124 g/mol. The van der Waals surface area contributed by atoms with E-state index in [0.29, 0.717) is 0 Å². The molecule has 0 aromatic heterocycles. The van der Waals surface area contributed by atoms with E-state index in [1.54, 1.807) is 7.11 Å². The minimum absolute atomic E-state index is 0.921. The van der Waals surface area contributed by atoms with Crippen molar-refractivity contribution in [2.24, 2.45) is 0 Å². The zero-order valence-electron chi connectivity index (χ0n) is 7.07. The number of rotatable bonds is 7. The fourth-order valence-electron chi connectivity index (χ4n) is 0.954. The molecular formula is C9H19O. The maximum Gasteiger partial charge on any atom is 0.0462 e. The first-order valence-corrected chi connectivity index (χ1v) is 4.20. The largest absolute Gasteiger partial charge is 0.385 e. The highest BCUT2D eigenvalue weighted by Gasteiger charge is 1.87. The third kappa shape index (κ3) is 7.96. The summed E-state index contributed by atoms with van der Waals surface area (Å²) >= 11 is 0. The Morgan fingerprint density at radius 2 is 1.60 bits per heavy atom. The van der Waals surface area contributed by atoms with Gasteiger partial charge in [-0.25, -0.2) is 0 Å². The van der Waals surface area contributed by atoms with Gasteiger partial charge in [-0.15, -0.1) is 0 Å². The first kappa shape index (κ1) is 9.96. The van der Waals surface area contributed by atoms with Gasteiger partial charge >= 0.3 is 0 Å². The predicted molar refractivity (Wildman–Crippen MR) is 44.9 cm³/mol. The summed E-state index contributed by atoms with van der Waals surface area (Å²) in [5.74, 6) is 0. The molecule has 0 bridgehead atoms. The molecule has 1 radical (unpaired) electrons. The summed E-state index contributed by atoms with van der Waals surface area (Å²) in [5.41, 5.74) is 0. The van der Waals surface area contributed by atoms with E-state index in [1.807, 2.05) is 0 Å². The van der Waals surface area contributed by atoms with Crippen LogP contribution < -0.4 is 0 Å². The van der Waals surface area contributed by atoms with Crippen molar-refractivity contribution in [3.05, 3.63) is 6.92 Å². The van der Waals surface area contributed by atoms with Crippen molar-refractivity contribution in [1.29, 1.82) is 0 Å². The number of methoxy groups -OCH3 is 1. The molecule has 0 fully saturated rings. The average molecular weight is 143 g/mol. The fraction of sp³-hybridized carbons (Fsp3) is 0.889. The smallest absolute Gasteiger partial charge is 0.0462 e. The van der Waals surface area contributed by atoms with Crippen LogP contribution in [-0.4, -0.2) is 13.7 Å². The summed E-state index contributed by atoms with van der Waals surface area (Å²) in [6.07, 6.45) is 7.59. The lowest BCUT2D eigenvalue weighted by Crippen LogP contribution is -1.87. The second-order valence-electron chi connectivity index (χ2n) is 2.61. The molecule has 0 saturated heterocycles. The van der Waals surface area contributed by atoms with Crippen molar-refractivity contribution in [2.75, 3.05) is 13.7 Å². The van der Waals surface area contributed by atoms with Gasteiger partial charge < -0.3 is 4.74 Å². The van der Waals surface area contributed by atoms with Crippen LogP contribution in [0.5, 0.6) is 0 Å². The van der Waals surface area contributed by atoms with Crippen molar-refractivity contribution in [2.45, 2.75) is 38.5 Å². The van der Waals surface area contributed by atoms with E-state index in [1.165, 1.54) is 32.1 Å². The van der Waals surface area contributed by atoms with Gasteiger partial charge in [-0.1, -0.05) is 39.0 Å². The first-order chi connectivity index (χ1) is 4.91. The predicted octanol–water partition coefficient (Wildman–Crippen LogP) is 2.81. The molecule has 0 rings (SSSR count). The zero-order chi connectivity index (χ0) is 7.66. The Morgan fingerprint density at radius 1 is 1.00 bits per heavy atom. The monoisotopic (exact) mass is 143 g/mol. The van der Waals surface area contributed by atoms with E-state index in [-0.39, 0.29) is 0 Å². The maximum atomic E-state index is 4.94. The third-order valence-electron chi connectivity index (χ3n) is 1.60. The highest BCUT2D eigenvalue weighted by atomic mass is 16.5. The van der Waals surface area contributed by atoms with Crippen molar-refractivity contribution >= 4 is 0 Å². The zero-order valence-corrected chi connectivity index (χ0v) is 7.07. The van der Waals surface area contributed by atoms with E-state index in [9.17, 15) is 0 Å². The quantitative estimate of drug-likeness (QED) is 0.498. The minimum atomic E-state index is 0.921. The van der Waals surface area contributed by atoms with Crippen molar-refractivity contribution in [1.82, 2.24) is 0 Å². The Bertz CT molecular complexity index is 44.7. The molecule has 61 valence electrons. The highest BCUT2D eigenvalue weighted by Crippen LogP contribution is 2.04. The van der Waals surface area contributed by atoms with Crippen molar-refractivity contribution < 1.29 is 4.74 Å². The highest BCUT2D eigenvalue weighted by molar-refractivity contribution is 4.45. The summed E-state index contributed by atoms with van der Waals surface area (Å²) in [4.78, 5) is 0. The molecule has 0 aliphatic heterocycles. The van der Waals surface area contributed by atoms with Crippen LogP contribution in [0.2, 0.25) is 0 Å². The molecule has 1 nitrogen and oxygen atoms in total. The Labute approximate surface area is 64.8 Å². The van der Waals surface area contributed by atoms with E-state index in [4.69, 9.17) is 4.74 Å². The van der Waals surface area contributed by atoms with E-state index in [0.717, 1.165) is 13.0 Å². The summed E-state index contributed by atoms with van der Waals surface area (Å²) in [6, 6.07) is 0. The summed E-state index contributed by atoms with van der Waals surface area (Å²) in [6.45, 7) is 4.72. The molecule has 10 heavy (non-hydrogen) atoms. The van der Waals surface area contributed by atoms with Gasteiger partial charge in [0.25, 0.3) is 0 Å². The van der Waals surface area contributed by atoms with Gasteiger partial charge in [0.2, 0.25) is 0 Å². The number of hydrogen-bond acceptors (Lipinski definition) is 1. The lowest BCUT2D eigenvalue weighted by Gasteiger charge is -1.98. The first-order valence-electron chi connectivity index (χ1n) is 4.20. The van der Waals surface area contributed by atoms with Crippen LogP contribution in [0.15, 0.2) is 0 Å². The fourth-order valence-corrected chi connectivity index (χ4v) is 0.954. The van der Waals surface area contributed by atoms with E-state index < -0.39 is 0 Å². The van der Waals surface area contributed by atoms with E-state index >= 15 is 0 Å². The van der Waals surface area contributed by atoms with Crippen molar-refractivity contribution in [3.63, 3.8) is 0 Å². The Balaban J connectivity index is 2.65.